The standard InChI is InChI=1S/C13H18BrClN2O2S.ClH/c1-13(6-3-7-16-8-13)9-17-20(18,19)11-5-2-4-10(14)12(11)15;/h2,4-5,16-17H,3,6-9H2,1H3;1H. The molecule has 0 bridgehead atoms. The summed E-state index contributed by atoms with van der Waals surface area (Å²) in [4.78, 5) is 0.112. The van der Waals surface area contributed by atoms with Gasteiger partial charge in [0.25, 0.3) is 0 Å². The van der Waals surface area contributed by atoms with Crippen molar-refractivity contribution in [3.8, 4) is 0 Å². The van der Waals surface area contributed by atoms with E-state index in [-0.39, 0.29) is 27.7 Å². The number of rotatable bonds is 4. The molecular formula is C13H19BrCl2N2O2S. The Kier molecular flexibility index (Phi) is 6.96. The van der Waals surface area contributed by atoms with Gasteiger partial charge >= 0.3 is 0 Å². The molecular weight excluding hydrogens is 399 g/mol. The lowest BCUT2D eigenvalue weighted by atomic mass is 9.83. The molecule has 4 nitrogen and oxygen atoms in total. The van der Waals surface area contributed by atoms with E-state index in [0.29, 0.717) is 11.0 Å². The zero-order valence-electron chi connectivity index (χ0n) is 11.7. The van der Waals surface area contributed by atoms with Crippen molar-refractivity contribution in [2.45, 2.75) is 24.7 Å². The molecule has 0 saturated carbocycles. The molecule has 0 aliphatic carbocycles. The molecule has 1 atom stereocenters. The van der Waals surface area contributed by atoms with E-state index in [1.54, 1.807) is 12.1 Å². The monoisotopic (exact) mass is 416 g/mol. The summed E-state index contributed by atoms with van der Waals surface area (Å²) in [6.45, 7) is 4.32. The van der Waals surface area contributed by atoms with Gasteiger partial charge in [-0.2, -0.15) is 0 Å². The van der Waals surface area contributed by atoms with E-state index in [1.165, 1.54) is 6.07 Å². The second-order valence-corrected chi connectivity index (χ2v) is 8.44. The molecule has 1 aromatic carbocycles. The van der Waals surface area contributed by atoms with Crippen molar-refractivity contribution in [1.82, 2.24) is 10.0 Å². The Balaban J connectivity index is 0.00000220. The molecule has 8 heteroatoms. The van der Waals surface area contributed by atoms with Crippen LogP contribution in [0.2, 0.25) is 5.02 Å². The molecule has 21 heavy (non-hydrogen) atoms. The molecule has 0 aromatic heterocycles. The van der Waals surface area contributed by atoms with Gasteiger partial charge in [0.2, 0.25) is 10.0 Å². The summed E-state index contributed by atoms with van der Waals surface area (Å²) < 4.78 is 28.0. The molecule has 1 aliphatic rings. The van der Waals surface area contributed by atoms with Crippen molar-refractivity contribution in [2.24, 2.45) is 5.41 Å². The van der Waals surface area contributed by atoms with Gasteiger partial charge in [0, 0.05) is 17.6 Å². The van der Waals surface area contributed by atoms with Crippen LogP contribution >= 0.6 is 39.9 Å². The first kappa shape index (κ1) is 19.2. The predicted octanol–water partition coefficient (Wildman–Crippen LogP) is 3.19. The van der Waals surface area contributed by atoms with Gasteiger partial charge < -0.3 is 5.32 Å². The van der Waals surface area contributed by atoms with Crippen molar-refractivity contribution >= 4 is 50.0 Å². The first-order valence-corrected chi connectivity index (χ1v) is 9.14. The summed E-state index contributed by atoms with van der Waals surface area (Å²) in [6, 6.07) is 4.89. The van der Waals surface area contributed by atoms with Gasteiger partial charge in [-0.05, 0) is 52.9 Å². The predicted molar refractivity (Wildman–Crippen MR) is 91.8 cm³/mol. The molecule has 2 N–H and O–H groups in total. The Labute approximate surface area is 145 Å². The third-order valence-corrected chi connectivity index (χ3v) is 6.43. The first-order chi connectivity index (χ1) is 9.34. The van der Waals surface area contributed by atoms with Crippen LogP contribution in [-0.2, 0) is 10.0 Å². The molecule has 1 unspecified atom stereocenters. The van der Waals surface area contributed by atoms with Crippen molar-refractivity contribution in [2.75, 3.05) is 19.6 Å². The highest BCUT2D eigenvalue weighted by Crippen LogP contribution is 2.30. The van der Waals surface area contributed by atoms with E-state index in [4.69, 9.17) is 11.6 Å². The van der Waals surface area contributed by atoms with Gasteiger partial charge in [-0.3, -0.25) is 0 Å². The van der Waals surface area contributed by atoms with Gasteiger partial charge in [-0.15, -0.1) is 12.4 Å². The second-order valence-electron chi connectivity index (χ2n) is 5.47. The van der Waals surface area contributed by atoms with Crippen molar-refractivity contribution < 1.29 is 8.42 Å². The van der Waals surface area contributed by atoms with E-state index in [0.717, 1.165) is 25.9 Å². The lowest BCUT2D eigenvalue weighted by Gasteiger charge is -2.34. The summed E-state index contributed by atoms with van der Waals surface area (Å²) >= 11 is 9.30. The summed E-state index contributed by atoms with van der Waals surface area (Å²) in [5.74, 6) is 0. The van der Waals surface area contributed by atoms with Crippen molar-refractivity contribution in [1.29, 1.82) is 0 Å². The second kappa shape index (κ2) is 7.62. The van der Waals surface area contributed by atoms with E-state index in [2.05, 4.69) is 32.9 Å². The highest BCUT2D eigenvalue weighted by Gasteiger charge is 2.29. The van der Waals surface area contributed by atoms with Gasteiger partial charge in [0.05, 0.1) is 5.02 Å². The minimum Gasteiger partial charge on any atom is -0.316 e. The molecule has 1 heterocycles. The number of hydrogen-bond donors (Lipinski definition) is 2. The quantitative estimate of drug-likeness (QED) is 0.790. The molecule has 0 spiro atoms. The third kappa shape index (κ3) is 4.81. The maximum atomic E-state index is 12.4. The van der Waals surface area contributed by atoms with Crippen LogP contribution < -0.4 is 10.0 Å². The zero-order chi connectivity index (χ0) is 14.8. The lowest BCUT2D eigenvalue weighted by Crippen LogP contribution is -2.45. The minimum absolute atomic E-state index is 0. The van der Waals surface area contributed by atoms with Crippen LogP contribution in [-0.4, -0.2) is 28.1 Å². The largest absolute Gasteiger partial charge is 0.316 e. The fourth-order valence-corrected chi connectivity index (χ4v) is 4.53. The maximum Gasteiger partial charge on any atom is 0.242 e. The van der Waals surface area contributed by atoms with Crippen LogP contribution in [0.25, 0.3) is 0 Å². The van der Waals surface area contributed by atoms with Crippen molar-refractivity contribution in [3.63, 3.8) is 0 Å². The number of piperidine rings is 1. The molecule has 1 fully saturated rings. The Hall–Kier alpha value is 0.150. The Bertz CT molecular complexity index is 590. The number of sulfonamides is 1. The molecule has 0 radical (unpaired) electrons. The molecule has 1 saturated heterocycles. The maximum absolute atomic E-state index is 12.4. The number of hydrogen-bond acceptors (Lipinski definition) is 3. The summed E-state index contributed by atoms with van der Waals surface area (Å²) in [6.07, 6.45) is 2.07. The summed E-state index contributed by atoms with van der Waals surface area (Å²) in [7, 11) is -3.59. The van der Waals surface area contributed by atoms with E-state index in [1.807, 2.05) is 0 Å². The molecule has 1 aliphatic heterocycles. The highest BCUT2D eigenvalue weighted by molar-refractivity contribution is 9.10. The fraction of sp³-hybridized carbons (Fsp3) is 0.538. The Morgan fingerprint density at radius 2 is 2.19 bits per heavy atom. The number of halogens is 3. The average Bonchev–Trinajstić information content (AvgIpc) is 2.41. The topological polar surface area (TPSA) is 58.2 Å². The Morgan fingerprint density at radius 3 is 2.81 bits per heavy atom. The average molecular weight is 418 g/mol. The van der Waals surface area contributed by atoms with E-state index < -0.39 is 10.0 Å². The molecule has 0 amide bonds. The van der Waals surface area contributed by atoms with Crippen LogP contribution in [0.3, 0.4) is 0 Å². The SMILES string of the molecule is CC1(CNS(=O)(=O)c2cccc(Br)c2Cl)CCCNC1.Cl. The van der Waals surface area contributed by atoms with Crippen LogP contribution in [0.15, 0.2) is 27.6 Å². The highest BCUT2D eigenvalue weighted by atomic mass is 79.9. The van der Waals surface area contributed by atoms with Gasteiger partial charge in [-0.25, -0.2) is 13.1 Å². The van der Waals surface area contributed by atoms with E-state index in [9.17, 15) is 8.42 Å². The van der Waals surface area contributed by atoms with Crippen LogP contribution in [0.5, 0.6) is 0 Å². The van der Waals surface area contributed by atoms with Gasteiger partial charge in [0.1, 0.15) is 4.90 Å². The van der Waals surface area contributed by atoms with Crippen LogP contribution in [0, 0.1) is 5.41 Å². The number of nitrogens with one attached hydrogen (secondary N) is 2. The van der Waals surface area contributed by atoms with Crippen LogP contribution in [0.1, 0.15) is 19.8 Å². The Morgan fingerprint density at radius 1 is 1.48 bits per heavy atom. The van der Waals surface area contributed by atoms with Gasteiger partial charge in [0.15, 0.2) is 0 Å². The normalized spacial score (nSPS) is 22.6. The minimum atomic E-state index is -3.59. The van der Waals surface area contributed by atoms with E-state index >= 15 is 0 Å². The van der Waals surface area contributed by atoms with Gasteiger partial charge in [-0.1, -0.05) is 24.6 Å². The summed E-state index contributed by atoms with van der Waals surface area (Å²) in [5.41, 5.74) is -0.0518. The number of benzene rings is 1. The lowest BCUT2D eigenvalue weighted by molar-refractivity contribution is 0.238. The molecule has 120 valence electrons. The molecule has 1 aromatic rings. The molecule has 2 rings (SSSR count). The third-order valence-electron chi connectivity index (χ3n) is 3.58. The first-order valence-electron chi connectivity index (χ1n) is 6.48. The fourth-order valence-electron chi connectivity index (χ4n) is 2.31. The summed E-state index contributed by atoms with van der Waals surface area (Å²) in [5, 5.41) is 3.52. The van der Waals surface area contributed by atoms with Crippen molar-refractivity contribution in [3.05, 3.63) is 27.7 Å². The van der Waals surface area contributed by atoms with Crippen LogP contribution in [0.4, 0.5) is 0 Å². The zero-order valence-corrected chi connectivity index (χ0v) is 15.6. The smallest absolute Gasteiger partial charge is 0.242 e.